The minimum absolute atomic E-state index is 0.822. The van der Waals surface area contributed by atoms with Crippen LogP contribution in [0.25, 0.3) is 0 Å². The largest absolute Gasteiger partial charge is 0.0854 e. The Labute approximate surface area is 64.3 Å². The van der Waals surface area contributed by atoms with Crippen LogP contribution in [0.2, 0.25) is 0 Å². The highest BCUT2D eigenvalue weighted by Gasteiger charge is 2.04. The summed E-state index contributed by atoms with van der Waals surface area (Å²) in [7, 11) is 0. The molecule has 0 aliphatic heterocycles. The maximum Gasteiger partial charge on any atom is -0.0262 e. The van der Waals surface area contributed by atoms with Crippen LogP contribution in [0.5, 0.6) is 0 Å². The lowest BCUT2D eigenvalue weighted by atomic mass is 9.93. The van der Waals surface area contributed by atoms with Gasteiger partial charge in [0.2, 0.25) is 0 Å². The SMILES string of the molecule is CC1C=CC(C)CCCC1. The molecule has 1 aliphatic carbocycles. The fourth-order valence-corrected chi connectivity index (χ4v) is 1.50. The Morgan fingerprint density at radius 1 is 0.900 bits per heavy atom. The maximum absolute atomic E-state index is 2.38. The summed E-state index contributed by atoms with van der Waals surface area (Å²) in [5.74, 6) is 1.64. The standard InChI is InChI=1S/C10H18/c1-9-5-3-4-6-10(2)8-7-9/h7-10H,3-6H2,1-2H3. The van der Waals surface area contributed by atoms with E-state index in [1.165, 1.54) is 25.7 Å². The maximum atomic E-state index is 2.38. The molecule has 0 nitrogen and oxygen atoms in total. The van der Waals surface area contributed by atoms with Crippen LogP contribution in [-0.4, -0.2) is 0 Å². The smallest absolute Gasteiger partial charge is 0.0262 e. The molecule has 0 saturated carbocycles. The first-order valence-corrected chi connectivity index (χ1v) is 4.47. The Bertz CT molecular complexity index is 99.2. The van der Waals surface area contributed by atoms with Crippen molar-refractivity contribution in [1.82, 2.24) is 0 Å². The molecule has 0 N–H and O–H groups in total. The highest BCUT2D eigenvalue weighted by molar-refractivity contribution is 4.91. The van der Waals surface area contributed by atoms with E-state index in [0.29, 0.717) is 0 Å². The monoisotopic (exact) mass is 138 g/mol. The fourth-order valence-electron chi connectivity index (χ4n) is 1.50. The van der Waals surface area contributed by atoms with Gasteiger partial charge in [0, 0.05) is 0 Å². The van der Waals surface area contributed by atoms with Crippen molar-refractivity contribution in [1.29, 1.82) is 0 Å². The molecule has 0 heteroatoms. The summed E-state index contributed by atoms with van der Waals surface area (Å²) in [6, 6.07) is 0. The molecule has 1 aliphatic rings. The molecule has 0 radical (unpaired) electrons. The van der Waals surface area contributed by atoms with Gasteiger partial charge in [-0.25, -0.2) is 0 Å². The fraction of sp³-hybridized carbons (Fsp3) is 0.800. The van der Waals surface area contributed by atoms with Crippen LogP contribution in [-0.2, 0) is 0 Å². The van der Waals surface area contributed by atoms with Gasteiger partial charge in [0.15, 0.2) is 0 Å². The van der Waals surface area contributed by atoms with Gasteiger partial charge >= 0.3 is 0 Å². The van der Waals surface area contributed by atoms with Gasteiger partial charge in [-0.1, -0.05) is 38.8 Å². The molecule has 0 aromatic heterocycles. The second-order valence-electron chi connectivity index (χ2n) is 3.62. The van der Waals surface area contributed by atoms with Crippen LogP contribution >= 0.6 is 0 Å². The van der Waals surface area contributed by atoms with Gasteiger partial charge < -0.3 is 0 Å². The molecule has 10 heavy (non-hydrogen) atoms. The highest BCUT2D eigenvalue weighted by atomic mass is 14.1. The topological polar surface area (TPSA) is 0 Å². The summed E-state index contributed by atoms with van der Waals surface area (Å²) in [5.41, 5.74) is 0. The lowest BCUT2D eigenvalue weighted by molar-refractivity contribution is 0.503. The molecule has 2 unspecified atom stereocenters. The van der Waals surface area contributed by atoms with E-state index in [1.807, 2.05) is 0 Å². The predicted octanol–water partition coefficient (Wildman–Crippen LogP) is 3.39. The molecule has 0 fully saturated rings. The molecule has 0 spiro atoms. The highest BCUT2D eigenvalue weighted by Crippen LogP contribution is 2.19. The predicted molar refractivity (Wildman–Crippen MR) is 45.9 cm³/mol. The average molecular weight is 138 g/mol. The van der Waals surface area contributed by atoms with Crippen molar-refractivity contribution in [2.45, 2.75) is 39.5 Å². The first-order valence-electron chi connectivity index (χ1n) is 4.47. The van der Waals surface area contributed by atoms with E-state index in [9.17, 15) is 0 Å². The van der Waals surface area contributed by atoms with Gasteiger partial charge in [-0.3, -0.25) is 0 Å². The van der Waals surface area contributed by atoms with E-state index in [2.05, 4.69) is 26.0 Å². The zero-order valence-corrected chi connectivity index (χ0v) is 7.14. The second kappa shape index (κ2) is 3.80. The molecule has 2 atom stereocenters. The molecule has 1 rings (SSSR count). The van der Waals surface area contributed by atoms with E-state index < -0.39 is 0 Å². The van der Waals surface area contributed by atoms with Crippen LogP contribution in [0, 0.1) is 11.8 Å². The molecule has 0 saturated heterocycles. The Morgan fingerprint density at radius 3 is 1.70 bits per heavy atom. The quantitative estimate of drug-likeness (QED) is 0.450. The van der Waals surface area contributed by atoms with Gasteiger partial charge in [-0.15, -0.1) is 0 Å². The summed E-state index contributed by atoms with van der Waals surface area (Å²) in [6.45, 7) is 4.63. The summed E-state index contributed by atoms with van der Waals surface area (Å²) in [4.78, 5) is 0. The minimum Gasteiger partial charge on any atom is -0.0854 e. The molecule has 0 aromatic rings. The van der Waals surface area contributed by atoms with Gasteiger partial charge in [0.05, 0.1) is 0 Å². The first-order chi connectivity index (χ1) is 4.79. The Hall–Kier alpha value is -0.260. The number of allylic oxidation sites excluding steroid dienone is 2. The normalized spacial score (nSPS) is 35.0. The lowest BCUT2D eigenvalue weighted by Gasteiger charge is -2.13. The average Bonchev–Trinajstić information content (AvgIpc) is 1.90. The lowest BCUT2D eigenvalue weighted by Crippen LogP contribution is -1.98. The van der Waals surface area contributed by atoms with Gasteiger partial charge in [0.1, 0.15) is 0 Å². The van der Waals surface area contributed by atoms with E-state index in [-0.39, 0.29) is 0 Å². The summed E-state index contributed by atoms with van der Waals surface area (Å²) in [6.07, 6.45) is 10.4. The zero-order valence-electron chi connectivity index (χ0n) is 7.14. The number of hydrogen-bond acceptors (Lipinski definition) is 0. The third-order valence-corrected chi connectivity index (χ3v) is 2.34. The van der Waals surface area contributed by atoms with E-state index in [4.69, 9.17) is 0 Å². The van der Waals surface area contributed by atoms with Gasteiger partial charge in [0.25, 0.3) is 0 Å². The van der Waals surface area contributed by atoms with Crippen LogP contribution in [0.1, 0.15) is 39.5 Å². The van der Waals surface area contributed by atoms with Crippen molar-refractivity contribution >= 4 is 0 Å². The molecular weight excluding hydrogens is 120 g/mol. The van der Waals surface area contributed by atoms with Gasteiger partial charge in [-0.05, 0) is 24.7 Å². The molecular formula is C10H18. The van der Waals surface area contributed by atoms with Crippen molar-refractivity contribution in [3.63, 3.8) is 0 Å². The van der Waals surface area contributed by atoms with Crippen LogP contribution in [0.4, 0.5) is 0 Å². The summed E-state index contributed by atoms with van der Waals surface area (Å²) < 4.78 is 0. The molecule has 0 heterocycles. The Balaban J connectivity index is 2.42. The van der Waals surface area contributed by atoms with E-state index >= 15 is 0 Å². The minimum atomic E-state index is 0.822. The zero-order chi connectivity index (χ0) is 7.40. The summed E-state index contributed by atoms with van der Waals surface area (Å²) in [5, 5.41) is 0. The second-order valence-corrected chi connectivity index (χ2v) is 3.62. The van der Waals surface area contributed by atoms with Crippen molar-refractivity contribution in [2.24, 2.45) is 11.8 Å². The summed E-state index contributed by atoms with van der Waals surface area (Å²) >= 11 is 0. The molecule has 0 aromatic carbocycles. The molecule has 0 bridgehead atoms. The van der Waals surface area contributed by atoms with Crippen LogP contribution in [0.3, 0.4) is 0 Å². The van der Waals surface area contributed by atoms with Gasteiger partial charge in [-0.2, -0.15) is 0 Å². The van der Waals surface area contributed by atoms with Crippen molar-refractivity contribution in [3.8, 4) is 0 Å². The first kappa shape index (κ1) is 7.84. The number of rotatable bonds is 0. The molecule has 58 valence electrons. The van der Waals surface area contributed by atoms with Crippen LogP contribution < -0.4 is 0 Å². The third kappa shape index (κ3) is 2.55. The Kier molecular flexibility index (Phi) is 2.98. The van der Waals surface area contributed by atoms with Crippen molar-refractivity contribution in [2.75, 3.05) is 0 Å². The third-order valence-electron chi connectivity index (χ3n) is 2.34. The molecule has 0 amide bonds. The van der Waals surface area contributed by atoms with E-state index in [0.717, 1.165) is 11.8 Å². The van der Waals surface area contributed by atoms with Crippen molar-refractivity contribution in [3.05, 3.63) is 12.2 Å². The van der Waals surface area contributed by atoms with Crippen LogP contribution in [0.15, 0.2) is 12.2 Å². The Morgan fingerprint density at radius 2 is 1.30 bits per heavy atom. The van der Waals surface area contributed by atoms with Crippen molar-refractivity contribution < 1.29 is 0 Å². The number of hydrogen-bond donors (Lipinski definition) is 0. The van der Waals surface area contributed by atoms with E-state index in [1.54, 1.807) is 0 Å².